The summed E-state index contributed by atoms with van der Waals surface area (Å²) in [6.45, 7) is 3.68. The number of carbonyl (C=O) groups excluding carboxylic acids is 1. The minimum atomic E-state index is -0.444. The van der Waals surface area contributed by atoms with E-state index in [2.05, 4.69) is 20.5 Å². The molecule has 1 fully saturated rings. The Morgan fingerprint density at radius 1 is 1.06 bits per heavy atom. The number of anilines is 3. The molecule has 0 unspecified atom stereocenters. The van der Waals surface area contributed by atoms with Crippen LogP contribution in [-0.4, -0.2) is 39.7 Å². The SMILES string of the molecule is Cc1ccc(NC(=O)CNc2cc(N3CCCC3)nc3c2c(=O)n(C)c(=O)n3C)cc1. The van der Waals surface area contributed by atoms with Gasteiger partial charge in [0.1, 0.15) is 11.2 Å². The topological polar surface area (TPSA) is 101 Å². The van der Waals surface area contributed by atoms with Gasteiger partial charge in [0.2, 0.25) is 5.91 Å². The third-order valence-corrected chi connectivity index (χ3v) is 5.60. The molecule has 1 amide bonds. The highest BCUT2D eigenvalue weighted by Gasteiger charge is 2.20. The van der Waals surface area contributed by atoms with Crippen molar-refractivity contribution in [3.05, 3.63) is 56.7 Å². The summed E-state index contributed by atoms with van der Waals surface area (Å²) in [5, 5.41) is 6.22. The summed E-state index contributed by atoms with van der Waals surface area (Å²) < 4.78 is 2.42. The first-order valence-electron chi connectivity index (χ1n) is 10.3. The maximum atomic E-state index is 12.9. The summed E-state index contributed by atoms with van der Waals surface area (Å²) in [6.07, 6.45) is 2.13. The molecular weight excluding hydrogens is 396 g/mol. The molecule has 1 aromatic carbocycles. The third-order valence-electron chi connectivity index (χ3n) is 5.60. The lowest BCUT2D eigenvalue weighted by molar-refractivity contribution is -0.114. The zero-order valence-electron chi connectivity index (χ0n) is 17.9. The average Bonchev–Trinajstić information content (AvgIpc) is 3.31. The van der Waals surface area contributed by atoms with Gasteiger partial charge in [0, 0.05) is 38.9 Å². The molecule has 1 aliphatic rings. The van der Waals surface area contributed by atoms with Crippen molar-refractivity contribution >= 4 is 34.1 Å². The quantitative estimate of drug-likeness (QED) is 0.648. The lowest BCUT2D eigenvalue weighted by atomic mass is 10.2. The zero-order chi connectivity index (χ0) is 22.1. The molecule has 0 aliphatic carbocycles. The standard InChI is InChI=1S/C22H26N6O3/c1-14-6-8-15(9-7-14)24-18(29)13-23-16-12-17(28-10-4-5-11-28)25-20-19(16)21(30)27(3)22(31)26(20)2/h6-9,12H,4-5,10-11,13H2,1-3H3,(H,23,25)(H,24,29). The molecule has 9 heteroatoms. The molecule has 0 saturated carbocycles. The van der Waals surface area contributed by atoms with Crippen LogP contribution in [0.3, 0.4) is 0 Å². The number of aromatic nitrogens is 3. The Hall–Kier alpha value is -3.62. The largest absolute Gasteiger partial charge is 0.375 e. The normalized spacial score (nSPS) is 13.6. The van der Waals surface area contributed by atoms with E-state index in [0.717, 1.165) is 36.1 Å². The number of hydrogen-bond acceptors (Lipinski definition) is 6. The molecule has 0 bridgehead atoms. The van der Waals surface area contributed by atoms with Gasteiger partial charge >= 0.3 is 5.69 Å². The van der Waals surface area contributed by atoms with Gasteiger partial charge in [0.15, 0.2) is 5.65 Å². The van der Waals surface area contributed by atoms with Gasteiger partial charge in [0.05, 0.1) is 12.2 Å². The van der Waals surface area contributed by atoms with Crippen molar-refractivity contribution in [1.29, 1.82) is 0 Å². The molecule has 1 saturated heterocycles. The van der Waals surface area contributed by atoms with Gasteiger partial charge in [-0.1, -0.05) is 17.7 Å². The monoisotopic (exact) mass is 422 g/mol. The molecule has 3 heterocycles. The molecule has 2 aromatic heterocycles. The Morgan fingerprint density at radius 3 is 2.42 bits per heavy atom. The van der Waals surface area contributed by atoms with Gasteiger partial charge in [-0.2, -0.15) is 0 Å². The number of rotatable bonds is 5. The van der Waals surface area contributed by atoms with Gasteiger partial charge < -0.3 is 15.5 Å². The number of fused-ring (bicyclic) bond motifs is 1. The van der Waals surface area contributed by atoms with Crippen molar-refractivity contribution in [3.8, 4) is 0 Å². The van der Waals surface area contributed by atoms with Gasteiger partial charge in [-0.3, -0.25) is 18.7 Å². The Morgan fingerprint density at radius 2 is 1.74 bits per heavy atom. The highest BCUT2D eigenvalue weighted by Crippen LogP contribution is 2.26. The van der Waals surface area contributed by atoms with Gasteiger partial charge in [-0.25, -0.2) is 9.78 Å². The summed E-state index contributed by atoms with van der Waals surface area (Å²) in [7, 11) is 3.03. The van der Waals surface area contributed by atoms with Crippen LogP contribution >= 0.6 is 0 Å². The van der Waals surface area contributed by atoms with Crippen molar-refractivity contribution in [3.63, 3.8) is 0 Å². The maximum absolute atomic E-state index is 12.9. The first-order valence-corrected chi connectivity index (χ1v) is 10.3. The highest BCUT2D eigenvalue weighted by atomic mass is 16.2. The van der Waals surface area contributed by atoms with E-state index in [1.807, 2.05) is 31.2 Å². The number of aryl methyl sites for hydroxylation is 2. The van der Waals surface area contributed by atoms with Gasteiger partial charge in [0.25, 0.3) is 5.56 Å². The van der Waals surface area contributed by atoms with Crippen molar-refractivity contribution in [2.75, 3.05) is 35.2 Å². The lowest BCUT2D eigenvalue weighted by Crippen LogP contribution is -2.38. The smallest absolute Gasteiger partial charge is 0.332 e. The average molecular weight is 422 g/mol. The second-order valence-corrected chi connectivity index (χ2v) is 7.89. The molecule has 31 heavy (non-hydrogen) atoms. The first kappa shape index (κ1) is 20.6. The van der Waals surface area contributed by atoms with Crippen LogP contribution in [0.15, 0.2) is 39.9 Å². The van der Waals surface area contributed by atoms with Crippen LogP contribution in [0.4, 0.5) is 17.2 Å². The predicted octanol–water partition coefficient (Wildman–Crippen LogP) is 1.59. The molecule has 162 valence electrons. The van der Waals surface area contributed by atoms with Crippen LogP contribution in [0.25, 0.3) is 11.0 Å². The summed E-state index contributed by atoms with van der Waals surface area (Å²) in [5.74, 6) is 0.452. The summed E-state index contributed by atoms with van der Waals surface area (Å²) in [6, 6.07) is 9.31. The lowest BCUT2D eigenvalue weighted by Gasteiger charge is -2.20. The van der Waals surface area contributed by atoms with Crippen LogP contribution in [-0.2, 0) is 18.9 Å². The van der Waals surface area contributed by atoms with Crippen LogP contribution in [0, 0.1) is 6.92 Å². The fraction of sp³-hybridized carbons (Fsp3) is 0.364. The number of amides is 1. The molecule has 0 radical (unpaired) electrons. The minimum absolute atomic E-state index is 0.0293. The zero-order valence-corrected chi connectivity index (χ0v) is 17.9. The Kier molecular flexibility index (Phi) is 5.50. The second kappa shape index (κ2) is 8.25. The second-order valence-electron chi connectivity index (χ2n) is 7.89. The van der Waals surface area contributed by atoms with Crippen LogP contribution in [0.5, 0.6) is 0 Å². The van der Waals surface area contributed by atoms with Crippen LogP contribution in [0.1, 0.15) is 18.4 Å². The molecule has 1 aliphatic heterocycles. The molecule has 2 N–H and O–H groups in total. The Bertz CT molecular complexity index is 1250. The van der Waals surface area contributed by atoms with Gasteiger partial charge in [-0.15, -0.1) is 0 Å². The van der Waals surface area contributed by atoms with Gasteiger partial charge in [-0.05, 0) is 31.9 Å². The number of carbonyl (C=O) groups is 1. The molecule has 0 atom stereocenters. The first-order chi connectivity index (χ1) is 14.8. The maximum Gasteiger partial charge on any atom is 0.332 e. The predicted molar refractivity (Wildman–Crippen MR) is 122 cm³/mol. The molecule has 0 spiro atoms. The van der Waals surface area contributed by atoms with E-state index < -0.39 is 11.2 Å². The minimum Gasteiger partial charge on any atom is -0.375 e. The summed E-state index contributed by atoms with van der Waals surface area (Å²) in [4.78, 5) is 44.5. The summed E-state index contributed by atoms with van der Waals surface area (Å²) >= 11 is 0. The van der Waals surface area contributed by atoms with E-state index in [4.69, 9.17) is 0 Å². The van der Waals surface area contributed by atoms with Crippen molar-refractivity contribution in [2.24, 2.45) is 14.1 Å². The van der Waals surface area contributed by atoms with Crippen molar-refractivity contribution < 1.29 is 4.79 Å². The number of nitrogens with one attached hydrogen (secondary N) is 2. The van der Waals surface area contributed by atoms with E-state index in [-0.39, 0.29) is 17.8 Å². The number of benzene rings is 1. The van der Waals surface area contributed by atoms with E-state index in [1.54, 1.807) is 13.1 Å². The van der Waals surface area contributed by atoms with E-state index in [9.17, 15) is 14.4 Å². The Labute approximate surface area is 179 Å². The number of hydrogen-bond donors (Lipinski definition) is 2. The number of nitrogens with zero attached hydrogens (tertiary/aromatic N) is 4. The van der Waals surface area contributed by atoms with E-state index >= 15 is 0 Å². The number of pyridine rings is 1. The molecule has 3 aromatic rings. The Balaban J connectivity index is 1.69. The van der Waals surface area contributed by atoms with E-state index in [0.29, 0.717) is 22.8 Å². The van der Waals surface area contributed by atoms with Crippen molar-refractivity contribution in [2.45, 2.75) is 19.8 Å². The fourth-order valence-electron chi connectivity index (χ4n) is 3.81. The molecular formula is C22H26N6O3. The van der Waals surface area contributed by atoms with Crippen LogP contribution < -0.4 is 26.8 Å². The highest BCUT2D eigenvalue weighted by molar-refractivity contribution is 5.96. The third kappa shape index (κ3) is 4.03. The van der Waals surface area contributed by atoms with Crippen molar-refractivity contribution in [1.82, 2.24) is 14.1 Å². The molecule has 9 nitrogen and oxygen atoms in total. The molecule has 4 rings (SSSR count). The summed E-state index contributed by atoms with van der Waals surface area (Å²) in [5.41, 5.74) is 1.72. The fourth-order valence-corrected chi connectivity index (χ4v) is 3.81. The van der Waals surface area contributed by atoms with Crippen LogP contribution in [0.2, 0.25) is 0 Å². The van der Waals surface area contributed by atoms with E-state index in [1.165, 1.54) is 11.6 Å².